The van der Waals surface area contributed by atoms with Crippen molar-refractivity contribution in [1.82, 2.24) is 25.3 Å². The lowest BCUT2D eigenvalue weighted by atomic mass is 10.3. The molecule has 4 N–H and O–H groups in total. The minimum Gasteiger partial charge on any atom is -0.382 e. The summed E-state index contributed by atoms with van der Waals surface area (Å²) in [6.07, 6.45) is 5.05. The van der Waals surface area contributed by atoms with Gasteiger partial charge in [0.2, 0.25) is 5.91 Å². The SMILES string of the molecule is Nc1ccn(CC(=O)NCc2cn[nH]c2)n1. The summed E-state index contributed by atoms with van der Waals surface area (Å²) in [4.78, 5) is 11.5. The van der Waals surface area contributed by atoms with Crippen LogP contribution in [0.4, 0.5) is 5.82 Å². The summed E-state index contributed by atoms with van der Waals surface area (Å²) in [6.45, 7) is 0.612. The van der Waals surface area contributed by atoms with Gasteiger partial charge in [0.05, 0.1) is 6.20 Å². The molecule has 2 aromatic heterocycles. The van der Waals surface area contributed by atoms with E-state index in [1.807, 2.05) is 0 Å². The average molecular weight is 220 g/mol. The first-order valence-electron chi connectivity index (χ1n) is 4.77. The van der Waals surface area contributed by atoms with Crippen molar-refractivity contribution in [1.29, 1.82) is 0 Å². The van der Waals surface area contributed by atoms with Gasteiger partial charge in [0.25, 0.3) is 0 Å². The van der Waals surface area contributed by atoms with Crippen molar-refractivity contribution in [2.45, 2.75) is 13.1 Å². The third kappa shape index (κ3) is 2.59. The summed E-state index contributed by atoms with van der Waals surface area (Å²) >= 11 is 0. The smallest absolute Gasteiger partial charge is 0.242 e. The largest absolute Gasteiger partial charge is 0.382 e. The zero-order chi connectivity index (χ0) is 11.4. The molecule has 84 valence electrons. The molecule has 0 unspecified atom stereocenters. The lowest BCUT2D eigenvalue weighted by Crippen LogP contribution is -2.27. The predicted octanol–water partition coefficient (Wildman–Crippen LogP) is -0.495. The number of H-pyrrole nitrogens is 1. The number of aromatic amines is 1. The number of nitrogen functional groups attached to an aromatic ring is 1. The fraction of sp³-hybridized carbons (Fsp3) is 0.222. The van der Waals surface area contributed by atoms with Crippen LogP contribution in [0.5, 0.6) is 0 Å². The van der Waals surface area contributed by atoms with Crippen LogP contribution in [-0.2, 0) is 17.9 Å². The van der Waals surface area contributed by atoms with E-state index in [4.69, 9.17) is 5.73 Å². The van der Waals surface area contributed by atoms with Crippen LogP contribution in [0.2, 0.25) is 0 Å². The maximum Gasteiger partial charge on any atom is 0.242 e. The number of rotatable bonds is 4. The average Bonchev–Trinajstić information content (AvgIpc) is 2.87. The second-order valence-corrected chi connectivity index (χ2v) is 3.32. The molecule has 2 heterocycles. The number of carbonyl (C=O) groups excluding carboxylic acids is 1. The maximum absolute atomic E-state index is 11.5. The van der Waals surface area contributed by atoms with Crippen LogP contribution in [-0.4, -0.2) is 25.9 Å². The van der Waals surface area contributed by atoms with Gasteiger partial charge in [-0.3, -0.25) is 14.6 Å². The van der Waals surface area contributed by atoms with E-state index in [0.717, 1.165) is 5.56 Å². The first kappa shape index (κ1) is 10.2. The Labute approximate surface area is 91.6 Å². The van der Waals surface area contributed by atoms with Gasteiger partial charge in [-0.05, 0) is 6.07 Å². The van der Waals surface area contributed by atoms with Crippen molar-refractivity contribution < 1.29 is 4.79 Å². The van der Waals surface area contributed by atoms with Crippen LogP contribution in [0.15, 0.2) is 24.7 Å². The number of anilines is 1. The van der Waals surface area contributed by atoms with E-state index in [1.54, 1.807) is 24.7 Å². The number of hydrogen-bond donors (Lipinski definition) is 3. The van der Waals surface area contributed by atoms with Crippen LogP contribution in [0.1, 0.15) is 5.56 Å². The highest BCUT2D eigenvalue weighted by atomic mass is 16.2. The van der Waals surface area contributed by atoms with Gasteiger partial charge in [0.15, 0.2) is 0 Å². The van der Waals surface area contributed by atoms with Crippen LogP contribution >= 0.6 is 0 Å². The summed E-state index contributed by atoms with van der Waals surface area (Å²) in [5.41, 5.74) is 6.35. The molecule has 7 heteroatoms. The zero-order valence-corrected chi connectivity index (χ0v) is 8.55. The van der Waals surface area contributed by atoms with E-state index in [2.05, 4.69) is 20.6 Å². The van der Waals surface area contributed by atoms with E-state index in [-0.39, 0.29) is 12.5 Å². The highest BCUT2D eigenvalue weighted by Gasteiger charge is 2.03. The Hall–Kier alpha value is -2.31. The third-order valence-corrected chi connectivity index (χ3v) is 2.01. The molecule has 0 aliphatic rings. The lowest BCUT2D eigenvalue weighted by Gasteiger charge is -2.03. The minimum atomic E-state index is -0.121. The van der Waals surface area contributed by atoms with Gasteiger partial charge in [-0.15, -0.1) is 0 Å². The number of hydrogen-bond acceptors (Lipinski definition) is 4. The molecule has 0 aliphatic carbocycles. The molecule has 0 fully saturated rings. The molecule has 2 aromatic rings. The molecule has 0 bridgehead atoms. The standard InChI is InChI=1S/C9H12N6O/c10-8-1-2-15(14-8)6-9(16)11-3-7-4-12-13-5-7/h1-2,4-5H,3,6H2,(H2,10,14)(H,11,16)(H,12,13). The second kappa shape index (κ2) is 4.47. The molecule has 0 aromatic carbocycles. The van der Waals surface area contributed by atoms with E-state index in [0.29, 0.717) is 12.4 Å². The van der Waals surface area contributed by atoms with Crippen LogP contribution in [0.25, 0.3) is 0 Å². The molecule has 0 radical (unpaired) electrons. The molecule has 0 saturated heterocycles. The highest BCUT2D eigenvalue weighted by Crippen LogP contribution is 1.96. The molecule has 2 rings (SSSR count). The number of aromatic nitrogens is 4. The van der Waals surface area contributed by atoms with Crippen molar-refractivity contribution in [3.8, 4) is 0 Å². The van der Waals surface area contributed by atoms with Gasteiger partial charge >= 0.3 is 0 Å². The number of nitrogens with one attached hydrogen (secondary N) is 2. The van der Waals surface area contributed by atoms with Gasteiger partial charge < -0.3 is 11.1 Å². The van der Waals surface area contributed by atoms with E-state index in [1.165, 1.54) is 4.68 Å². The Morgan fingerprint density at radius 3 is 3.12 bits per heavy atom. The summed E-state index contributed by atoms with van der Waals surface area (Å²) in [6, 6.07) is 1.64. The minimum absolute atomic E-state index is 0.121. The molecule has 1 amide bonds. The lowest BCUT2D eigenvalue weighted by molar-refractivity contribution is -0.122. The van der Waals surface area contributed by atoms with Gasteiger partial charge in [0.1, 0.15) is 12.4 Å². The van der Waals surface area contributed by atoms with E-state index < -0.39 is 0 Å². The summed E-state index contributed by atoms with van der Waals surface area (Å²) < 4.78 is 1.49. The molecule has 7 nitrogen and oxygen atoms in total. The number of nitrogens with two attached hydrogens (primary N) is 1. The molecule has 0 aliphatic heterocycles. The van der Waals surface area contributed by atoms with Crippen molar-refractivity contribution >= 4 is 11.7 Å². The fourth-order valence-corrected chi connectivity index (χ4v) is 1.24. The van der Waals surface area contributed by atoms with Crippen LogP contribution < -0.4 is 11.1 Å². The van der Waals surface area contributed by atoms with Crippen LogP contribution in [0.3, 0.4) is 0 Å². The predicted molar refractivity (Wildman–Crippen MR) is 57.1 cm³/mol. The van der Waals surface area contributed by atoms with E-state index >= 15 is 0 Å². The number of nitrogens with zero attached hydrogens (tertiary/aromatic N) is 3. The molecular formula is C9H12N6O. The Balaban J connectivity index is 1.81. The van der Waals surface area contributed by atoms with Gasteiger partial charge in [0, 0.05) is 24.5 Å². The second-order valence-electron chi connectivity index (χ2n) is 3.32. The van der Waals surface area contributed by atoms with Crippen molar-refractivity contribution in [2.24, 2.45) is 0 Å². The van der Waals surface area contributed by atoms with Crippen LogP contribution in [0, 0.1) is 0 Å². The molecule has 16 heavy (non-hydrogen) atoms. The normalized spacial score (nSPS) is 10.2. The Bertz CT molecular complexity index is 460. The van der Waals surface area contributed by atoms with Gasteiger partial charge in [-0.1, -0.05) is 0 Å². The first-order chi connectivity index (χ1) is 7.74. The number of carbonyl (C=O) groups is 1. The molecule has 0 saturated carbocycles. The summed E-state index contributed by atoms with van der Waals surface area (Å²) in [7, 11) is 0. The third-order valence-electron chi connectivity index (χ3n) is 2.01. The number of amides is 1. The highest BCUT2D eigenvalue weighted by molar-refractivity contribution is 5.75. The topological polar surface area (TPSA) is 102 Å². The zero-order valence-electron chi connectivity index (χ0n) is 8.55. The molecule has 0 atom stereocenters. The Kier molecular flexibility index (Phi) is 2.86. The maximum atomic E-state index is 11.5. The Morgan fingerprint density at radius 2 is 2.50 bits per heavy atom. The Morgan fingerprint density at radius 1 is 1.62 bits per heavy atom. The molecular weight excluding hydrogens is 208 g/mol. The quantitative estimate of drug-likeness (QED) is 0.646. The summed E-state index contributed by atoms with van der Waals surface area (Å²) in [5.74, 6) is 0.284. The van der Waals surface area contributed by atoms with Crippen molar-refractivity contribution in [2.75, 3.05) is 5.73 Å². The van der Waals surface area contributed by atoms with E-state index in [9.17, 15) is 4.79 Å². The monoisotopic (exact) mass is 220 g/mol. The fourth-order valence-electron chi connectivity index (χ4n) is 1.24. The summed E-state index contributed by atoms with van der Waals surface area (Å²) in [5, 5.41) is 13.1. The molecule has 0 spiro atoms. The van der Waals surface area contributed by atoms with Gasteiger partial charge in [-0.25, -0.2) is 0 Å². The van der Waals surface area contributed by atoms with Gasteiger partial charge in [-0.2, -0.15) is 10.2 Å². The van der Waals surface area contributed by atoms with Crippen molar-refractivity contribution in [3.63, 3.8) is 0 Å². The first-order valence-corrected chi connectivity index (χ1v) is 4.77. The van der Waals surface area contributed by atoms with Crippen molar-refractivity contribution in [3.05, 3.63) is 30.2 Å².